The summed E-state index contributed by atoms with van der Waals surface area (Å²) in [6.07, 6.45) is 0. The average molecular weight is 168 g/mol. The molecule has 0 aromatic heterocycles. The van der Waals surface area contributed by atoms with Crippen LogP contribution in [0, 0.1) is 0 Å². The molecular weight excluding hydrogens is 160 g/mol. The minimum absolute atomic E-state index is 0.723. The first-order valence-electron chi connectivity index (χ1n) is 3.11. The first-order chi connectivity index (χ1) is 5.36. The highest BCUT2D eigenvalue weighted by molar-refractivity contribution is 7.78. The number of ether oxygens (including phenoxy) is 2. The summed E-state index contributed by atoms with van der Waals surface area (Å²) in [6, 6.07) is 7.21. The number of benzene rings is 1. The molecular formula is C8H8O2S. The van der Waals surface area contributed by atoms with E-state index in [9.17, 15) is 0 Å². The van der Waals surface area contributed by atoms with Crippen LogP contribution < -0.4 is 9.47 Å². The van der Waals surface area contributed by atoms with Gasteiger partial charge in [0.25, 0.3) is 0 Å². The normalized spacial score (nSPS) is 8.82. The molecule has 0 radical (unpaired) electrons. The third-order valence-corrected chi connectivity index (χ3v) is 1.34. The van der Waals surface area contributed by atoms with Crippen LogP contribution in [0.3, 0.4) is 0 Å². The lowest BCUT2D eigenvalue weighted by atomic mass is 10.3. The molecule has 0 aliphatic heterocycles. The molecule has 0 aliphatic rings. The molecule has 2 nitrogen and oxygen atoms in total. The molecule has 0 saturated heterocycles. The zero-order chi connectivity index (χ0) is 8.10. The number of hydrogen-bond acceptors (Lipinski definition) is 3. The maximum absolute atomic E-state index is 4.96. The van der Waals surface area contributed by atoms with Gasteiger partial charge < -0.3 is 9.47 Å². The van der Waals surface area contributed by atoms with Crippen molar-refractivity contribution in [3.8, 4) is 11.5 Å². The van der Waals surface area contributed by atoms with Crippen molar-refractivity contribution in [1.82, 2.24) is 0 Å². The minimum atomic E-state index is 0.723. The first-order valence-corrected chi connectivity index (χ1v) is 3.58. The van der Waals surface area contributed by atoms with Crippen molar-refractivity contribution < 1.29 is 9.47 Å². The fourth-order valence-corrected chi connectivity index (χ4v) is 0.821. The van der Waals surface area contributed by atoms with Crippen molar-refractivity contribution in [3.05, 3.63) is 24.3 Å². The Balaban J connectivity index is 2.74. The molecule has 0 spiro atoms. The lowest BCUT2D eigenvalue weighted by molar-refractivity contribution is 0.414. The van der Waals surface area contributed by atoms with E-state index in [4.69, 9.17) is 9.47 Å². The zero-order valence-electron chi connectivity index (χ0n) is 6.11. The summed E-state index contributed by atoms with van der Waals surface area (Å²) in [6.45, 7) is 0. The van der Waals surface area contributed by atoms with Gasteiger partial charge in [-0.25, -0.2) is 0 Å². The fourth-order valence-electron chi connectivity index (χ4n) is 0.710. The van der Waals surface area contributed by atoms with Crippen molar-refractivity contribution in [2.75, 3.05) is 7.11 Å². The van der Waals surface area contributed by atoms with Gasteiger partial charge in [0, 0.05) is 0 Å². The monoisotopic (exact) mass is 168 g/mol. The van der Waals surface area contributed by atoms with Gasteiger partial charge in [-0.3, -0.25) is 0 Å². The highest BCUT2D eigenvalue weighted by Crippen LogP contribution is 2.16. The largest absolute Gasteiger partial charge is 0.497 e. The van der Waals surface area contributed by atoms with Gasteiger partial charge in [-0.1, -0.05) is 0 Å². The topological polar surface area (TPSA) is 18.5 Å². The van der Waals surface area contributed by atoms with Crippen LogP contribution in [0.5, 0.6) is 11.5 Å². The molecule has 0 amide bonds. The van der Waals surface area contributed by atoms with E-state index in [0.29, 0.717) is 0 Å². The van der Waals surface area contributed by atoms with Gasteiger partial charge in [0.15, 0.2) is 5.55 Å². The molecule has 1 aromatic carbocycles. The first kappa shape index (κ1) is 8.01. The lowest BCUT2D eigenvalue weighted by Gasteiger charge is -2.00. The van der Waals surface area contributed by atoms with Crippen molar-refractivity contribution in [2.24, 2.45) is 0 Å². The molecule has 1 rings (SSSR count). The summed E-state index contributed by atoms with van der Waals surface area (Å²) >= 11 is 4.52. The van der Waals surface area contributed by atoms with Gasteiger partial charge in [-0.05, 0) is 36.5 Å². The van der Waals surface area contributed by atoms with Crippen LogP contribution in [0.1, 0.15) is 0 Å². The molecule has 0 N–H and O–H groups in total. The molecule has 1 aromatic rings. The van der Waals surface area contributed by atoms with Gasteiger partial charge in [0.2, 0.25) is 0 Å². The Morgan fingerprint density at radius 1 is 1.18 bits per heavy atom. The van der Waals surface area contributed by atoms with Crippen LogP contribution in [0.4, 0.5) is 0 Å². The van der Waals surface area contributed by atoms with E-state index < -0.39 is 0 Å². The maximum atomic E-state index is 4.96. The highest BCUT2D eigenvalue weighted by atomic mass is 32.1. The average Bonchev–Trinajstić information content (AvgIpc) is 2.07. The molecule has 11 heavy (non-hydrogen) atoms. The smallest absolute Gasteiger partial charge is 0.154 e. The molecule has 0 unspecified atom stereocenters. The SMILES string of the molecule is COc1ccc(OC=S)cc1. The van der Waals surface area contributed by atoms with Crippen molar-refractivity contribution in [2.45, 2.75) is 0 Å². The molecule has 0 aliphatic carbocycles. The predicted octanol–water partition coefficient (Wildman–Crippen LogP) is 2.03. The Hall–Kier alpha value is -1.09. The van der Waals surface area contributed by atoms with Crippen LogP contribution >= 0.6 is 12.2 Å². The minimum Gasteiger partial charge on any atom is -0.497 e. The van der Waals surface area contributed by atoms with Crippen LogP contribution in [-0.4, -0.2) is 12.7 Å². The van der Waals surface area contributed by atoms with E-state index in [1.807, 2.05) is 12.1 Å². The Morgan fingerprint density at radius 2 is 1.73 bits per heavy atom. The Bertz CT molecular complexity index is 230. The van der Waals surface area contributed by atoms with E-state index in [2.05, 4.69) is 12.2 Å². The standard InChI is InChI=1S/C8H8O2S/c1-9-7-2-4-8(5-3-7)10-6-11/h2-6H,1H3. The lowest BCUT2D eigenvalue weighted by Crippen LogP contribution is -1.86. The predicted molar refractivity (Wildman–Crippen MR) is 47.3 cm³/mol. The second-order valence-electron chi connectivity index (χ2n) is 1.89. The summed E-state index contributed by atoms with van der Waals surface area (Å²) in [5, 5.41) is 0. The molecule has 0 heterocycles. The Morgan fingerprint density at radius 3 is 2.18 bits per heavy atom. The highest BCUT2D eigenvalue weighted by Gasteiger charge is 1.91. The summed E-state index contributed by atoms with van der Waals surface area (Å²) in [4.78, 5) is 0. The van der Waals surface area contributed by atoms with Crippen molar-refractivity contribution in [3.63, 3.8) is 0 Å². The number of methoxy groups -OCH3 is 1. The van der Waals surface area contributed by atoms with E-state index >= 15 is 0 Å². The van der Waals surface area contributed by atoms with Crippen LogP contribution in [0.15, 0.2) is 24.3 Å². The van der Waals surface area contributed by atoms with Gasteiger partial charge in [-0.15, -0.1) is 0 Å². The molecule has 0 bridgehead atoms. The third-order valence-electron chi connectivity index (χ3n) is 1.24. The van der Waals surface area contributed by atoms with E-state index in [1.165, 1.54) is 5.55 Å². The molecule has 3 heteroatoms. The Kier molecular flexibility index (Phi) is 2.86. The fraction of sp³-hybridized carbons (Fsp3) is 0.125. The van der Waals surface area contributed by atoms with Crippen LogP contribution in [-0.2, 0) is 0 Å². The summed E-state index contributed by atoms with van der Waals surface area (Å²) in [5.41, 5.74) is 1.22. The zero-order valence-corrected chi connectivity index (χ0v) is 6.93. The van der Waals surface area contributed by atoms with Gasteiger partial charge in [0.1, 0.15) is 11.5 Å². The number of rotatable bonds is 3. The van der Waals surface area contributed by atoms with Crippen molar-refractivity contribution in [1.29, 1.82) is 0 Å². The summed E-state index contributed by atoms with van der Waals surface area (Å²) < 4.78 is 9.90. The van der Waals surface area contributed by atoms with E-state index in [0.717, 1.165) is 11.5 Å². The molecule has 0 saturated carbocycles. The van der Waals surface area contributed by atoms with E-state index in [-0.39, 0.29) is 0 Å². The number of hydrogen-bond donors (Lipinski definition) is 0. The number of thiocarbonyl (C=S) groups is 1. The summed E-state index contributed by atoms with van der Waals surface area (Å²) in [7, 11) is 1.62. The van der Waals surface area contributed by atoms with Crippen molar-refractivity contribution >= 4 is 17.8 Å². The van der Waals surface area contributed by atoms with E-state index in [1.54, 1.807) is 19.2 Å². The molecule has 58 valence electrons. The Labute approximate surface area is 70.7 Å². The summed E-state index contributed by atoms with van der Waals surface area (Å²) in [5.74, 6) is 1.53. The van der Waals surface area contributed by atoms with Gasteiger partial charge in [0.05, 0.1) is 7.11 Å². The second kappa shape index (κ2) is 3.93. The van der Waals surface area contributed by atoms with Gasteiger partial charge in [-0.2, -0.15) is 0 Å². The second-order valence-corrected chi connectivity index (χ2v) is 2.08. The van der Waals surface area contributed by atoms with Crippen LogP contribution in [0.25, 0.3) is 0 Å². The maximum Gasteiger partial charge on any atom is 0.154 e. The molecule has 0 atom stereocenters. The molecule has 0 fully saturated rings. The van der Waals surface area contributed by atoms with Gasteiger partial charge >= 0.3 is 0 Å². The van der Waals surface area contributed by atoms with Crippen LogP contribution in [0.2, 0.25) is 0 Å². The quantitative estimate of drug-likeness (QED) is 0.643. The third kappa shape index (κ3) is 2.20.